The number of amides is 1. The Morgan fingerprint density at radius 3 is 2.08 bits per heavy atom. The second-order valence-electron chi connectivity index (χ2n) is 6.18. The van der Waals surface area contributed by atoms with Gasteiger partial charge >= 0.3 is 0 Å². The number of benzene rings is 2. The minimum absolute atomic E-state index is 0.243. The molecule has 3 aromatic rings. The zero-order valence-corrected chi connectivity index (χ0v) is 13.2. The van der Waals surface area contributed by atoms with E-state index in [-0.39, 0.29) is 5.41 Å². The van der Waals surface area contributed by atoms with Gasteiger partial charge in [-0.25, -0.2) is 0 Å². The van der Waals surface area contributed by atoms with Gasteiger partial charge in [0.15, 0.2) is 0 Å². The number of allylic oxidation sites excluding steroid dienone is 1. The van der Waals surface area contributed by atoms with Crippen LogP contribution in [0.5, 0.6) is 0 Å². The summed E-state index contributed by atoms with van der Waals surface area (Å²) in [5.74, 6) is -0.423. The van der Waals surface area contributed by atoms with Crippen LogP contribution in [0.2, 0.25) is 0 Å². The number of aromatic nitrogens is 1. The van der Waals surface area contributed by atoms with Gasteiger partial charge in [0, 0.05) is 17.2 Å². The molecule has 1 aliphatic carbocycles. The number of carbonyl (C=O) groups is 1. The molecule has 0 spiro atoms. The smallest absolute Gasteiger partial charge is 0.265 e. The first-order chi connectivity index (χ1) is 11.7. The lowest BCUT2D eigenvalue weighted by Crippen LogP contribution is -2.30. The van der Waals surface area contributed by atoms with E-state index in [2.05, 4.69) is 59.6 Å². The Morgan fingerprint density at radius 1 is 0.958 bits per heavy atom. The lowest BCUT2D eigenvalue weighted by molar-refractivity contribution is 0.0996. The van der Waals surface area contributed by atoms with Crippen LogP contribution in [0, 0.1) is 0 Å². The third-order valence-corrected chi connectivity index (χ3v) is 4.83. The maximum absolute atomic E-state index is 11.6. The molecule has 4 rings (SSSR count). The number of H-pyrrole nitrogens is 1. The summed E-state index contributed by atoms with van der Waals surface area (Å²) >= 11 is 0. The molecule has 0 unspecified atom stereocenters. The van der Waals surface area contributed by atoms with Crippen LogP contribution >= 0.6 is 0 Å². The first kappa shape index (κ1) is 14.5. The van der Waals surface area contributed by atoms with E-state index in [1.165, 1.54) is 11.1 Å². The minimum atomic E-state index is -0.423. The van der Waals surface area contributed by atoms with Crippen LogP contribution in [0.4, 0.5) is 0 Å². The molecule has 118 valence electrons. The van der Waals surface area contributed by atoms with Crippen LogP contribution in [0.3, 0.4) is 0 Å². The van der Waals surface area contributed by atoms with Crippen molar-refractivity contribution in [3.63, 3.8) is 0 Å². The summed E-state index contributed by atoms with van der Waals surface area (Å²) in [5.41, 5.74) is 10.2. The quantitative estimate of drug-likeness (QED) is 0.761. The molecule has 1 aliphatic rings. The number of rotatable bonds is 3. The molecular formula is C21H18N2O. The first-order valence-electron chi connectivity index (χ1n) is 8.01. The largest absolute Gasteiger partial charge is 0.364 e. The van der Waals surface area contributed by atoms with E-state index in [4.69, 9.17) is 5.73 Å². The van der Waals surface area contributed by atoms with Crippen LogP contribution in [-0.2, 0) is 11.8 Å². The third-order valence-electron chi connectivity index (χ3n) is 4.83. The van der Waals surface area contributed by atoms with E-state index in [0.717, 1.165) is 17.5 Å². The monoisotopic (exact) mass is 314 g/mol. The predicted octanol–water partition coefficient (Wildman–Crippen LogP) is 3.67. The Morgan fingerprint density at radius 2 is 1.54 bits per heavy atom. The summed E-state index contributed by atoms with van der Waals surface area (Å²) in [5, 5.41) is 0. The number of hydrogen-bond acceptors (Lipinski definition) is 1. The number of fused-ring (bicyclic) bond motifs is 1. The van der Waals surface area contributed by atoms with Gasteiger partial charge in [-0.15, -0.1) is 0 Å². The maximum Gasteiger partial charge on any atom is 0.265 e. The fourth-order valence-corrected chi connectivity index (χ4v) is 3.64. The van der Waals surface area contributed by atoms with Crippen molar-refractivity contribution in [2.75, 3.05) is 0 Å². The lowest BCUT2D eigenvalue weighted by atomic mass is 9.68. The number of aromatic amines is 1. The Labute approximate surface area is 140 Å². The first-order valence-corrected chi connectivity index (χ1v) is 8.01. The van der Waals surface area contributed by atoms with Gasteiger partial charge in [-0.2, -0.15) is 0 Å². The zero-order chi connectivity index (χ0) is 16.6. The fraction of sp³-hybridized carbons (Fsp3) is 0.0952. The molecule has 0 fully saturated rings. The van der Waals surface area contributed by atoms with Gasteiger partial charge in [-0.05, 0) is 23.1 Å². The van der Waals surface area contributed by atoms with E-state index in [0.29, 0.717) is 5.69 Å². The average Bonchev–Trinajstić information content (AvgIpc) is 3.06. The third kappa shape index (κ3) is 2.17. The SMILES string of the molecule is NC(=O)c1[nH]cc2c1C=CC(c1ccccc1)(c1ccccc1)C2. The summed E-state index contributed by atoms with van der Waals surface area (Å²) < 4.78 is 0. The van der Waals surface area contributed by atoms with Crippen molar-refractivity contribution < 1.29 is 4.79 Å². The molecule has 0 bridgehead atoms. The zero-order valence-electron chi connectivity index (χ0n) is 13.2. The summed E-state index contributed by atoms with van der Waals surface area (Å²) in [6.45, 7) is 0. The van der Waals surface area contributed by atoms with E-state index in [9.17, 15) is 4.79 Å². The predicted molar refractivity (Wildman–Crippen MR) is 95.7 cm³/mol. The van der Waals surface area contributed by atoms with Gasteiger partial charge in [-0.3, -0.25) is 4.79 Å². The average molecular weight is 314 g/mol. The van der Waals surface area contributed by atoms with Gasteiger partial charge in [0.25, 0.3) is 5.91 Å². The summed E-state index contributed by atoms with van der Waals surface area (Å²) in [7, 11) is 0. The van der Waals surface area contributed by atoms with E-state index in [1.807, 2.05) is 24.4 Å². The summed E-state index contributed by atoms with van der Waals surface area (Å²) in [6, 6.07) is 20.9. The van der Waals surface area contributed by atoms with Crippen molar-refractivity contribution in [1.82, 2.24) is 4.98 Å². The molecule has 1 amide bonds. The Hall–Kier alpha value is -3.07. The molecule has 3 heteroatoms. The molecule has 3 nitrogen and oxygen atoms in total. The van der Waals surface area contributed by atoms with Crippen LogP contribution in [0.15, 0.2) is 72.9 Å². The number of primary amides is 1. The van der Waals surface area contributed by atoms with Crippen molar-refractivity contribution in [1.29, 1.82) is 0 Å². The molecule has 0 saturated heterocycles. The molecule has 1 heterocycles. The van der Waals surface area contributed by atoms with Gasteiger partial charge in [-0.1, -0.05) is 72.8 Å². The highest BCUT2D eigenvalue weighted by Crippen LogP contribution is 2.42. The molecule has 0 aliphatic heterocycles. The molecule has 3 N–H and O–H groups in total. The van der Waals surface area contributed by atoms with Crippen molar-refractivity contribution in [3.8, 4) is 0 Å². The second kappa shape index (κ2) is 5.53. The van der Waals surface area contributed by atoms with E-state index in [1.54, 1.807) is 0 Å². The van der Waals surface area contributed by atoms with Gasteiger partial charge < -0.3 is 10.7 Å². The molecule has 24 heavy (non-hydrogen) atoms. The standard InChI is InChI=1S/C21H18N2O/c22-20(24)19-18-11-12-21(13-15(18)14-23-19,16-7-3-1-4-8-16)17-9-5-2-6-10-17/h1-12,14,23H,13H2,(H2,22,24). The van der Waals surface area contributed by atoms with Crippen molar-refractivity contribution in [2.45, 2.75) is 11.8 Å². The van der Waals surface area contributed by atoms with Crippen LogP contribution < -0.4 is 5.73 Å². The molecule has 2 aromatic carbocycles. The molecule has 0 radical (unpaired) electrons. The molecule has 0 atom stereocenters. The van der Waals surface area contributed by atoms with Crippen LogP contribution in [0.25, 0.3) is 6.08 Å². The summed E-state index contributed by atoms with van der Waals surface area (Å²) in [4.78, 5) is 14.6. The highest BCUT2D eigenvalue weighted by Gasteiger charge is 2.36. The van der Waals surface area contributed by atoms with E-state index >= 15 is 0 Å². The summed E-state index contributed by atoms with van der Waals surface area (Å²) in [6.07, 6.45) is 6.91. The minimum Gasteiger partial charge on any atom is -0.364 e. The number of nitrogens with two attached hydrogens (primary N) is 1. The molecule has 1 aromatic heterocycles. The van der Waals surface area contributed by atoms with Gasteiger partial charge in [0.2, 0.25) is 0 Å². The fourth-order valence-electron chi connectivity index (χ4n) is 3.64. The normalized spacial score (nSPS) is 15.0. The number of hydrogen-bond donors (Lipinski definition) is 2. The van der Waals surface area contributed by atoms with E-state index < -0.39 is 5.91 Å². The molecule has 0 saturated carbocycles. The van der Waals surface area contributed by atoms with Crippen molar-refractivity contribution >= 4 is 12.0 Å². The Bertz CT molecular complexity index is 868. The van der Waals surface area contributed by atoms with Crippen molar-refractivity contribution in [2.24, 2.45) is 5.73 Å². The second-order valence-corrected chi connectivity index (χ2v) is 6.18. The van der Waals surface area contributed by atoms with Crippen LogP contribution in [-0.4, -0.2) is 10.9 Å². The number of nitrogens with one attached hydrogen (secondary N) is 1. The topological polar surface area (TPSA) is 58.9 Å². The highest BCUT2D eigenvalue weighted by molar-refractivity contribution is 5.96. The van der Waals surface area contributed by atoms with Gasteiger partial charge in [0.05, 0.1) is 0 Å². The maximum atomic E-state index is 11.6. The lowest BCUT2D eigenvalue weighted by Gasteiger charge is -2.34. The van der Waals surface area contributed by atoms with Crippen molar-refractivity contribution in [3.05, 3.63) is 101 Å². The Kier molecular flexibility index (Phi) is 3.35. The van der Waals surface area contributed by atoms with Crippen LogP contribution in [0.1, 0.15) is 32.7 Å². The molecular weight excluding hydrogens is 296 g/mol. The van der Waals surface area contributed by atoms with Gasteiger partial charge in [0.1, 0.15) is 5.69 Å². The number of carbonyl (C=O) groups excluding carboxylic acids is 1. The highest BCUT2D eigenvalue weighted by atomic mass is 16.1. The Balaban J connectivity index is 1.90.